The van der Waals surface area contributed by atoms with Gasteiger partial charge in [0.25, 0.3) is 0 Å². The zero-order chi connectivity index (χ0) is 17.2. The quantitative estimate of drug-likeness (QED) is 0.778. The predicted octanol–water partition coefficient (Wildman–Crippen LogP) is 2.86. The molecule has 0 unspecified atom stereocenters. The monoisotopic (exact) mass is 336 g/mol. The molecule has 0 bridgehead atoms. The van der Waals surface area contributed by atoms with Crippen LogP contribution in [0.2, 0.25) is 0 Å². The Balaban J connectivity index is 1.79. The number of anilines is 1. The molecule has 25 heavy (non-hydrogen) atoms. The van der Waals surface area contributed by atoms with Gasteiger partial charge in [0.1, 0.15) is 0 Å². The minimum Gasteiger partial charge on any atom is -0.396 e. The van der Waals surface area contributed by atoms with Crippen LogP contribution in [0.4, 0.5) is 5.95 Å². The zero-order valence-electron chi connectivity index (χ0n) is 14.6. The number of nitrogens with zero attached hydrogens (tertiary/aromatic N) is 4. The van der Waals surface area contributed by atoms with E-state index in [1.807, 2.05) is 12.3 Å². The fourth-order valence-electron chi connectivity index (χ4n) is 3.56. The van der Waals surface area contributed by atoms with Crippen LogP contribution in [0.5, 0.6) is 0 Å². The second-order valence-corrected chi connectivity index (χ2v) is 6.81. The van der Waals surface area contributed by atoms with Gasteiger partial charge in [0, 0.05) is 31.8 Å². The number of benzene rings is 1. The molecule has 1 aliphatic rings. The largest absolute Gasteiger partial charge is 0.396 e. The molecule has 130 valence electrons. The summed E-state index contributed by atoms with van der Waals surface area (Å²) in [7, 11) is 0. The molecule has 3 heterocycles. The Labute approximate surface area is 147 Å². The molecule has 4 rings (SSSR count). The second-order valence-electron chi connectivity index (χ2n) is 6.81. The number of aliphatic hydroxyl groups is 1. The second kappa shape index (κ2) is 6.84. The summed E-state index contributed by atoms with van der Waals surface area (Å²) in [6.45, 7) is 4.96. The van der Waals surface area contributed by atoms with Gasteiger partial charge in [-0.05, 0) is 30.0 Å². The van der Waals surface area contributed by atoms with Crippen LogP contribution in [0.15, 0.2) is 42.6 Å². The number of pyridine rings is 1. The van der Waals surface area contributed by atoms with Crippen molar-refractivity contribution in [2.75, 3.05) is 24.6 Å². The maximum absolute atomic E-state index is 9.48. The van der Waals surface area contributed by atoms with Gasteiger partial charge in [0.15, 0.2) is 5.65 Å². The van der Waals surface area contributed by atoms with Crippen molar-refractivity contribution in [1.82, 2.24) is 14.5 Å². The van der Waals surface area contributed by atoms with E-state index in [1.54, 1.807) is 0 Å². The summed E-state index contributed by atoms with van der Waals surface area (Å²) in [6, 6.07) is 12.7. The highest BCUT2D eigenvalue weighted by molar-refractivity contribution is 5.76. The molecule has 2 aromatic heterocycles. The first kappa shape index (κ1) is 16.1. The number of hydrogen-bond donors (Lipinski definition) is 1. The maximum atomic E-state index is 9.48. The predicted molar refractivity (Wildman–Crippen MR) is 99.9 cm³/mol. The molecule has 1 saturated heterocycles. The van der Waals surface area contributed by atoms with Gasteiger partial charge in [-0.15, -0.1) is 0 Å². The summed E-state index contributed by atoms with van der Waals surface area (Å²) in [4.78, 5) is 11.7. The Morgan fingerprint density at radius 3 is 2.76 bits per heavy atom. The minimum atomic E-state index is 0.244. The van der Waals surface area contributed by atoms with Crippen LogP contribution in [0.3, 0.4) is 0 Å². The first-order valence-electron chi connectivity index (χ1n) is 9.03. The molecule has 1 atom stereocenters. The number of fused-ring (bicyclic) bond motifs is 1. The molecule has 0 spiro atoms. The van der Waals surface area contributed by atoms with Crippen molar-refractivity contribution in [2.45, 2.75) is 26.3 Å². The van der Waals surface area contributed by atoms with Crippen LogP contribution < -0.4 is 4.90 Å². The van der Waals surface area contributed by atoms with Crippen LogP contribution in [-0.4, -0.2) is 39.3 Å². The summed E-state index contributed by atoms with van der Waals surface area (Å²) in [5, 5.41) is 9.48. The van der Waals surface area contributed by atoms with E-state index in [1.165, 1.54) is 11.1 Å². The standard InChI is InChI=1S/C20H24N4O/c1-2-15-10-18-19(21-11-15)22-20(23-9-8-17(12-23)14-25)24(18)13-16-6-4-3-5-7-16/h3-7,10-11,17,25H,2,8-9,12-14H2,1H3/t17-/m1/s1. The lowest BCUT2D eigenvalue weighted by Gasteiger charge is -2.19. The molecule has 5 nitrogen and oxygen atoms in total. The van der Waals surface area contributed by atoms with E-state index >= 15 is 0 Å². The number of aliphatic hydroxyl groups excluding tert-OH is 1. The molecule has 1 fully saturated rings. The molecule has 1 aliphatic heterocycles. The van der Waals surface area contributed by atoms with Gasteiger partial charge in [0.05, 0.1) is 12.1 Å². The topological polar surface area (TPSA) is 54.2 Å². The lowest BCUT2D eigenvalue weighted by Crippen LogP contribution is -2.24. The Kier molecular flexibility index (Phi) is 4.40. The average Bonchev–Trinajstić information content (AvgIpc) is 3.27. The lowest BCUT2D eigenvalue weighted by molar-refractivity contribution is 0.238. The Morgan fingerprint density at radius 1 is 1.20 bits per heavy atom. The van der Waals surface area contributed by atoms with Crippen molar-refractivity contribution in [3.63, 3.8) is 0 Å². The Hall–Kier alpha value is -2.40. The summed E-state index contributed by atoms with van der Waals surface area (Å²) >= 11 is 0. The third-order valence-electron chi connectivity index (χ3n) is 5.06. The highest BCUT2D eigenvalue weighted by Gasteiger charge is 2.26. The molecule has 0 saturated carbocycles. The van der Waals surface area contributed by atoms with E-state index in [-0.39, 0.29) is 6.61 Å². The molecule has 5 heteroatoms. The first-order valence-corrected chi connectivity index (χ1v) is 9.03. The van der Waals surface area contributed by atoms with Gasteiger partial charge < -0.3 is 14.6 Å². The van der Waals surface area contributed by atoms with Gasteiger partial charge in [-0.3, -0.25) is 0 Å². The van der Waals surface area contributed by atoms with E-state index in [2.05, 4.69) is 51.7 Å². The first-order chi connectivity index (χ1) is 12.3. The Morgan fingerprint density at radius 2 is 2.04 bits per heavy atom. The average molecular weight is 336 g/mol. The van der Waals surface area contributed by atoms with E-state index < -0.39 is 0 Å². The summed E-state index contributed by atoms with van der Waals surface area (Å²) in [5.74, 6) is 1.31. The number of aromatic nitrogens is 3. The summed E-state index contributed by atoms with van der Waals surface area (Å²) in [5.41, 5.74) is 4.37. The summed E-state index contributed by atoms with van der Waals surface area (Å²) < 4.78 is 2.27. The van der Waals surface area contributed by atoms with Crippen molar-refractivity contribution < 1.29 is 5.11 Å². The smallest absolute Gasteiger partial charge is 0.208 e. The Bertz CT molecular complexity index is 859. The van der Waals surface area contributed by atoms with Crippen molar-refractivity contribution in [3.05, 3.63) is 53.7 Å². The molecule has 0 radical (unpaired) electrons. The van der Waals surface area contributed by atoms with Crippen molar-refractivity contribution in [1.29, 1.82) is 0 Å². The minimum absolute atomic E-state index is 0.244. The number of hydrogen-bond acceptors (Lipinski definition) is 4. The molecular weight excluding hydrogens is 312 g/mol. The van der Waals surface area contributed by atoms with Crippen LogP contribution in [0.25, 0.3) is 11.2 Å². The highest BCUT2D eigenvalue weighted by Crippen LogP contribution is 2.28. The lowest BCUT2D eigenvalue weighted by atomic mass is 10.1. The molecule has 0 amide bonds. The molecule has 3 aromatic rings. The van der Waals surface area contributed by atoms with Gasteiger partial charge in [0.2, 0.25) is 5.95 Å². The van der Waals surface area contributed by atoms with Crippen LogP contribution >= 0.6 is 0 Å². The van der Waals surface area contributed by atoms with Crippen LogP contribution in [0, 0.1) is 5.92 Å². The molecule has 1 N–H and O–H groups in total. The molecule has 1 aromatic carbocycles. The fourth-order valence-corrected chi connectivity index (χ4v) is 3.56. The van der Waals surface area contributed by atoms with Gasteiger partial charge in [-0.2, -0.15) is 4.98 Å². The SMILES string of the molecule is CCc1cnc2nc(N3CC[C@@H](CO)C3)n(Cc3ccccc3)c2c1. The number of aryl methyl sites for hydroxylation is 1. The molecule has 0 aliphatic carbocycles. The number of rotatable bonds is 5. The van der Waals surface area contributed by atoms with Crippen molar-refractivity contribution >= 4 is 17.1 Å². The fraction of sp³-hybridized carbons (Fsp3) is 0.400. The van der Waals surface area contributed by atoms with Crippen molar-refractivity contribution in [2.24, 2.45) is 5.92 Å². The summed E-state index contributed by atoms with van der Waals surface area (Å²) in [6.07, 6.45) is 3.90. The number of imidazole rings is 1. The third-order valence-corrected chi connectivity index (χ3v) is 5.06. The van der Waals surface area contributed by atoms with Crippen LogP contribution in [0.1, 0.15) is 24.5 Å². The van der Waals surface area contributed by atoms with Gasteiger partial charge >= 0.3 is 0 Å². The van der Waals surface area contributed by atoms with E-state index in [0.29, 0.717) is 5.92 Å². The third kappa shape index (κ3) is 3.12. The zero-order valence-corrected chi connectivity index (χ0v) is 14.6. The van der Waals surface area contributed by atoms with E-state index in [9.17, 15) is 5.11 Å². The van der Waals surface area contributed by atoms with Crippen molar-refractivity contribution in [3.8, 4) is 0 Å². The highest BCUT2D eigenvalue weighted by atomic mass is 16.3. The van der Waals surface area contributed by atoms with Crippen LogP contribution in [-0.2, 0) is 13.0 Å². The normalized spacial score (nSPS) is 17.5. The maximum Gasteiger partial charge on any atom is 0.208 e. The van der Waals surface area contributed by atoms with E-state index in [0.717, 1.165) is 49.6 Å². The molecular formula is C20H24N4O. The van der Waals surface area contributed by atoms with Gasteiger partial charge in [-0.25, -0.2) is 4.98 Å². The van der Waals surface area contributed by atoms with E-state index in [4.69, 9.17) is 4.98 Å². The van der Waals surface area contributed by atoms with Gasteiger partial charge in [-0.1, -0.05) is 37.3 Å².